The van der Waals surface area contributed by atoms with Crippen LogP contribution in [0.25, 0.3) is 0 Å². The van der Waals surface area contributed by atoms with E-state index in [1.165, 1.54) is 37.9 Å². The van der Waals surface area contributed by atoms with E-state index in [4.69, 9.17) is 0 Å². The fraction of sp³-hybridized carbons (Fsp3) is 1.00. The Morgan fingerprint density at radius 3 is 2.75 bits per heavy atom. The van der Waals surface area contributed by atoms with Gasteiger partial charge in [0.2, 0.25) is 0 Å². The van der Waals surface area contributed by atoms with Crippen LogP contribution in [0.1, 0.15) is 51.9 Å². The Morgan fingerprint density at radius 1 is 1.31 bits per heavy atom. The van der Waals surface area contributed by atoms with Crippen LogP contribution in [-0.4, -0.2) is 34.3 Å². The maximum Gasteiger partial charge on any atom is 0.0771 e. The molecule has 2 rings (SSSR count). The van der Waals surface area contributed by atoms with Crippen molar-refractivity contribution < 1.29 is 5.11 Å². The first-order valence-electron chi connectivity index (χ1n) is 6.79. The summed E-state index contributed by atoms with van der Waals surface area (Å²) in [5, 5.41) is 14.7. The third kappa shape index (κ3) is 3.38. The third-order valence-corrected chi connectivity index (χ3v) is 5.27. The van der Waals surface area contributed by atoms with Gasteiger partial charge in [-0.15, -0.1) is 0 Å². The highest BCUT2D eigenvalue weighted by Gasteiger charge is 2.32. The molecule has 2 unspecified atom stereocenters. The van der Waals surface area contributed by atoms with E-state index in [1.807, 2.05) is 0 Å². The first-order valence-corrected chi connectivity index (χ1v) is 7.84. The molecular formula is C13H25NOS. The summed E-state index contributed by atoms with van der Waals surface area (Å²) in [6.45, 7) is 3.06. The quantitative estimate of drug-likeness (QED) is 0.778. The van der Waals surface area contributed by atoms with E-state index in [1.54, 1.807) is 0 Å². The Balaban J connectivity index is 1.67. The minimum absolute atomic E-state index is 0.379. The Kier molecular flexibility index (Phi) is 4.57. The van der Waals surface area contributed by atoms with Crippen molar-refractivity contribution in [2.45, 2.75) is 68.8 Å². The van der Waals surface area contributed by atoms with Gasteiger partial charge in [0.25, 0.3) is 0 Å². The largest absolute Gasteiger partial charge is 0.389 e. The van der Waals surface area contributed by atoms with Crippen LogP contribution >= 0.6 is 11.8 Å². The summed E-state index contributed by atoms with van der Waals surface area (Å²) < 4.78 is 0. The second kappa shape index (κ2) is 5.74. The lowest BCUT2D eigenvalue weighted by Gasteiger charge is -2.25. The van der Waals surface area contributed by atoms with Crippen LogP contribution in [0.5, 0.6) is 0 Å². The Hall–Kier alpha value is 0.270. The number of hydrogen-bond acceptors (Lipinski definition) is 3. The molecule has 0 aromatic rings. The van der Waals surface area contributed by atoms with Gasteiger partial charge >= 0.3 is 0 Å². The van der Waals surface area contributed by atoms with Gasteiger partial charge in [-0.2, -0.15) is 11.8 Å². The first kappa shape index (κ1) is 12.7. The van der Waals surface area contributed by atoms with Crippen LogP contribution in [-0.2, 0) is 0 Å². The summed E-state index contributed by atoms with van der Waals surface area (Å²) in [5.74, 6) is 1.24. The molecule has 3 heteroatoms. The van der Waals surface area contributed by atoms with Gasteiger partial charge in [0, 0.05) is 17.8 Å². The molecule has 0 spiro atoms. The van der Waals surface area contributed by atoms with Gasteiger partial charge in [0.1, 0.15) is 0 Å². The molecule has 0 aromatic carbocycles. The maximum absolute atomic E-state index is 10.3. The lowest BCUT2D eigenvalue weighted by molar-refractivity contribution is 0.0450. The highest BCUT2D eigenvalue weighted by molar-refractivity contribution is 7.99. The molecule has 2 aliphatic rings. The van der Waals surface area contributed by atoms with Crippen molar-refractivity contribution in [3.8, 4) is 0 Å². The van der Waals surface area contributed by atoms with Crippen LogP contribution in [0, 0.1) is 0 Å². The van der Waals surface area contributed by atoms with Gasteiger partial charge < -0.3 is 10.4 Å². The number of nitrogens with one attached hydrogen (secondary N) is 1. The molecule has 0 aromatic heterocycles. The topological polar surface area (TPSA) is 32.3 Å². The Morgan fingerprint density at radius 2 is 2.06 bits per heavy atom. The summed E-state index contributed by atoms with van der Waals surface area (Å²) in [5.41, 5.74) is -0.379. The second-order valence-electron chi connectivity index (χ2n) is 5.40. The summed E-state index contributed by atoms with van der Waals surface area (Å²) in [6.07, 6.45) is 8.37. The monoisotopic (exact) mass is 243 g/mol. The minimum atomic E-state index is -0.379. The lowest BCUT2D eigenvalue weighted by Crippen LogP contribution is -2.42. The zero-order valence-corrected chi connectivity index (χ0v) is 11.2. The van der Waals surface area contributed by atoms with Gasteiger partial charge in [0.05, 0.1) is 5.60 Å². The predicted octanol–water partition coefficient (Wildman–Crippen LogP) is 2.56. The number of rotatable bonds is 5. The van der Waals surface area contributed by atoms with Crippen LogP contribution < -0.4 is 5.32 Å². The van der Waals surface area contributed by atoms with Gasteiger partial charge in [-0.1, -0.05) is 19.8 Å². The highest BCUT2D eigenvalue weighted by atomic mass is 32.2. The summed E-state index contributed by atoms with van der Waals surface area (Å²) in [6, 6.07) is 0.661. The number of hydrogen-bond donors (Lipinski definition) is 2. The van der Waals surface area contributed by atoms with E-state index in [2.05, 4.69) is 24.0 Å². The Bertz CT molecular complexity index is 216. The van der Waals surface area contributed by atoms with E-state index in [0.717, 1.165) is 24.6 Å². The average molecular weight is 243 g/mol. The first-order chi connectivity index (χ1) is 7.72. The molecule has 0 aliphatic heterocycles. The predicted molar refractivity (Wildman–Crippen MR) is 71.0 cm³/mol. The molecule has 2 aliphatic carbocycles. The zero-order chi connectivity index (χ0) is 11.4. The van der Waals surface area contributed by atoms with Crippen LogP contribution in [0.2, 0.25) is 0 Å². The van der Waals surface area contributed by atoms with Crippen molar-refractivity contribution in [2.24, 2.45) is 0 Å². The SMILES string of the molecule is CCSC1CCC(NCC2(O)CCCC2)C1. The summed E-state index contributed by atoms with van der Waals surface area (Å²) in [4.78, 5) is 0. The smallest absolute Gasteiger partial charge is 0.0771 e. The molecule has 0 radical (unpaired) electrons. The van der Waals surface area contributed by atoms with E-state index in [0.29, 0.717) is 6.04 Å². The van der Waals surface area contributed by atoms with E-state index in [-0.39, 0.29) is 5.60 Å². The molecule has 0 amide bonds. The maximum atomic E-state index is 10.3. The molecule has 2 atom stereocenters. The molecule has 2 fully saturated rings. The molecule has 0 bridgehead atoms. The van der Waals surface area contributed by atoms with Crippen LogP contribution in [0.3, 0.4) is 0 Å². The molecule has 2 saturated carbocycles. The van der Waals surface area contributed by atoms with Crippen molar-refractivity contribution in [3.63, 3.8) is 0 Å². The molecule has 16 heavy (non-hydrogen) atoms. The highest BCUT2D eigenvalue weighted by Crippen LogP contribution is 2.32. The fourth-order valence-electron chi connectivity index (χ4n) is 3.06. The van der Waals surface area contributed by atoms with E-state index >= 15 is 0 Å². The molecule has 0 heterocycles. The van der Waals surface area contributed by atoms with Crippen molar-refractivity contribution in [3.05, 3.63) is 0 Å². The molecule has 0 saturated heterocycles. The minimum Gasteiger partial charge on any atom is -0.389 e. The number of thioether (sulfide) groups is 1. The number of aliphatic hydroxyl groups is 1. The fourth-order valence-corrected chi connectivity index (χ4v) is 4.20. The lowest BCUT2D eigenvalue weighted by atomic mass is 10.0. The second-order valence-corrected chi connectivity index (χ2v) is 6.98. The summed E-state index contributed by atoms with van der Waals surface area (Å²) >= 11 is 2.10. The third-order valence-electron chi connectivity index (χ3n) is 4.04. The van der Waals surface area contributed by atoms with Gasteiger partial charge in [-0.05, 0) is 37.9 Å². The Labute approximate surface area is 104 Å². The van der Waals surface area contributed by atoms with E-state index < -0.39 is 0 Å². The van der Waals surface area contributed by atoms with Crippen LogP contribution in [0.15, 0.2) is 0 Å². The van der Waals surface area contributed by atoms with Crippen molar-refractivity contribution in [1.82, 2.24) is 5.32 Å². The van der Waals surface area contributed by atoms with Crippen molar-refractivity contribution in [1.29, 1.82) is 0 Å². The van der Waals surface area contributed by atoms with E-state index in [9.17, 15) is 5.11 Å². The summed E-state index contributed by atoms with van der Waals surface area (Å²) in [7, 11) is 0. The average Bonchev–Trinajstić information content (AvgIpc) is 2.86. The van der Waals surface area contributed by atoms with Gasteiger partial charge in [-0.25, -0.2) is 0 Å². The van der Waals surface area contributed by atoms with Gasteiger partial charge in [0.15, 0.2) is 0 Å². The van der Waals surface area contributed by atoms with Crippen molar-refractivity contribution in [2.75, 3.05) is 12.3 Å². The molecule has 2 N–H and O–H groups in total. The molecule has 2 nitrogen and oxygen atoms in total. The zero-order valence-electron chi connectivity index (χ0n) is 10.4. The molecule has 94 valence electrons. The van der Waals surface area contributed by atoms with Crippen LogP contribution in [0.4, 0.5) is 0 Å². The normalized spacial score (nSPS) is 33.4. The molecular weight excluding hydrogens is 218 g/mol. The van der Waals surface area contributed by atoms with Crippen molar-refractivity contribution >= 4 is 11.8 Å². The van der Waals surface area contributed by atoms with Gasteiger partial charge in [-0.3, -0.25) is 0 Å². The standard InChI is InChI=1S/C13H25NOS/c1-2-16-12-6-5-11(9-12)14-10-13(15)7-3-4-8-13/h11-12,14-15H,2-10H2,1H3.